The number of Topliss-reactive ketones (excluding diaryl/α,β-unsaturated/α-hetero) is 2. The molecule has 0 saturated carbocycles. The molecule has 6 heterocycles. The molecule has 6 aromatic rings. The minimum atomic E-state index is -1.46. The first-order valence-electron chi connectivity index (χ1n) is 17.0. The fourth-order valence-corrected chi connectivity index (χ4v) is 8.98. The number of carbonyl (C=O) groups excluding carboxylic acids is 2. The van der Waals surface area contributed by atoms with Crippen molar-refractivity contribution in [2.75, 3.05) is 13.2 Å². The molecule has 10 rings (SSSR count). The number of nitrogens with zero attached hydrogens (tertiary/aromatic N) is 3. The van der Waals surface area contributed by atoms with Gasteiger partial charge in [-0.15, -0.1) is 0 Å². The number of ether oxygens (including phenoxy) is 2. The van der Waals surface area contributed by atoms with E-state index in [0.29, 0.717) is 12.8 Å². The molecule has 2 bridgehead atoms. The van der Waals surface area contributed by atoms with Crippen molar-refractivity contribution in [1.29, 1.82) is 0 Å². The van der Waals surface area contributed by atoms with Crippen LogP contribution in [0.15, 0.2) is 60.8 Å². The molecule has 5 N–H and O–H groups in total. The van der Waals surface area contributed by atoms with Gasteiger partial charge < -0.3 is 53.8 Å². The number of rotatable bonds is 4. The van der Waals surface area contributed by atoms with Crippen LogP contribution in [0.3, 0.4) is 0 Å². The smallest absolute Gasteiger partial charge is 0.176 e. The zero-order valence-electron chi connectivity index (χ0n) is 27.8. The Morgan fingerprint density at radius 2 is 1.65 bits per heavy atom. The number of aromatic nitrogens is 3. The SMILES string of the molecule is CC(=O)c1ccn([C@@H]2O[C@H](CO)[C@@H](O)[C@H]2O)c1[O-].C[C@]12OC(C[C@]1(O)CO)n1c3ccccc3c3c4c(c5c6ccccc6n2c5c31)CCC4=O. The number of aliphatic hydroxyl groups excluding tert-OH is 4. The molecule has 0 radical (unpaired) electrons. The minimum absolute atomic E-state index is 0.00672. The molecule has 13 heteroatoms. The van der Waals surface area contributed by atoms with Crippen LogP contribution >= 0.6 is 0 Å². The molecule has 13 nitrogen and oxygen atoms in total. The standard InChI is InChI=1S/C27H22N2O4.C11H15NO6/c1-26-27(32,13-30)12-20(33-26)28-17-8-4-2-6-14(17)23-22-16(10-11-19(22)31)21-15-7-3-5-9-18(15)29(26)25(21)24(23)28;1-5(14)6-2-3-12(10(6)17)11-9(16)8(15)7(4-13)18-11/h2-9,20,30,32H,10-13H2,1H3;2-3,7-9,11,13,15-17H,4H2,1H3/p-1/t20?,26-,27-;7-,8-,9-,11-/m01/s1. The second kappa shape index (κ2) is 11.0. The third-order valence-corrected chi connectivity index (χ3v) is 11.5. The summed E-state index contributed by atoms with van der Waals surface area (Å²) in [5.41, 5.74) is 3.19. The van der Waals surface area contributed by atoms with Gasteiger partial charge in [0.25, 0.3) is 0 Å². The van der Waals surface area contributed by atoms with E-state index in [4.69, 9.17) is 14.6 Å². The fourth-order valence-electron chi connectivity index (χ4n) is 8.98. The van der Waals surface area contributed by atoms with Crippen molar-refractivity contribution in [3.8, 4) is 5.88 Å². The molecule has 264 valence electrons. The third kappa shape index (κ3) is 4.04. The van der Waals surface area contributed by atoms with Gasteiger partial charge in [0.1, 0.15) is 30.1 Å². The highest BCUT2D eigenvalue weighted by molar-refractivity contribution is 6.31. The maximum absolute atomic E-state index is 13.3. The molecule has 0 amide bonds. The van der Waals surface area contributed by atoms with Crippen LogP contribution in [-0.2, 0) is 21.6 Å². The highest BCUT2D eigenvalue weighted by Crippen LogP contribution is 2.57. The number of ketones is 2. The number of hydrogen-bond acceptors (Lipinski definition) is 10. The average molecular weight is 695 g/mol. The molecular weight excluding hydrogens is 658 g/mol. The van der Waals surface area contributed by atoms with E-state index in [1.54, 1.807) is 0 Å². The largest absolute Gasteiger partial charge is 0.859 e. The Kier molecular flexibility index (Phi) is 6.94. The molecule has 51 heavy (non-hydrogen) atoms. The zero-order chi connectivity index (χ0) is 35.7. The van der Waals surface area contributed by atoms with Gasteiger partial charge in [-0.2, -0.15) is 0 Å². The van der Waals surface area contributed by atoms with Crippen LogP contribution in [0.2, 0.25) is 0 Å². The summed E-state index contributed by atoms with van der Waals surface area (Å²) in [6.45, 7) is 2.27. The number of aryl methyl sites for hydroxylation is 1. The average Bonchev–Trinajstić information content (AvgIpc) is 3.94. The van der Waals surface area contributed by atoms with Crippen LogP contribution < -0.4 is 5.11 Å². The van der Waals surface area contributed by atoms with Crippen molar-refractivity contribution in [2.45, 2.75) is 75.2 Å². The molecule has 0 spiro atoms. The van der Waals surface area contributed by atoms with Gasteiger partial charge in [0.15, 0.2) is 23.5 Å². The van der Waals surface area contributed by atoms with E-state index in [2.05, 4.69) is 27.3 Å². The summed E-state index contributed by atoms with van der Waals surface area (Å²) in [5.74, 6) is -0.775. The Morgan fingerprint density at radius 3 is 2.29 bits per heavy atom. The third-order valence-electron chi connectivity index (χ3n) is 11.5. The lowest BCUT2D eigenvalue weighted by Gasteiger charge is -2.38. The normalized spacial score (nSPS) is 29.4. The van der Waals surface area contributed by atoms with Crippen LogP contribution in [0, 0.1) is 0 Å². The minimum Gasteiger partial charge on any atom is -0.859 e. The number of hydrogen-bond donors (Lipinski definition) is 5. The van der Waals surface area contributed by atoms with Crippen molar-refractivity contribution >= 4 is 55.2 Å². The molecule has 3 aliphatic heterocycles. The summed E-state index contributed by atoms with van der Waals surface area (Å²) in [5, 5.41) is 66.4. The number of para-hydroxylation sites is 2. The van der Waals surface area contributed by atoms with E-state index in [9.17, 15) is 35.1 Å². The van der Waals surface area contributed by atoms with E-state index >= 15 is 0 Å². The molecule has 4 aliphatic rings. The van der Waals surface area contributed by atoms with Crippen LogP contribution in [-0.4, -0.2) is 87.9 Å². The Morgan fingerprint density at radius 1 is 0.961 bits per heavy atom. The molecule has 1 aliphatic carbocycles. The van der Waals surface area contributed by atoms with Gasteiger partial charge in [0.2, 0.25) is 0 Å². The van der Waals surface area contributed by atoms with Gasteiger partial charge in [-0.05, 0) is 49.9 Å². The summed E-state index contributed by atoms with van der Waals surface area (Å²) >= 11 is 0. The first-order valence-corrected chi connectivity index (χ1v) is 17.0. The molecule has 3 aromatic carbocycles. The van der Waals surface area contributed by atoms with E-state index in [-0.39, 0.29) is 23.6 Å². The quantitative estimate of drug-likeness (QED) is 0.172. The Labute approximate surface area is 290 Å². The molecular formula is C38H36N3O10-. The second-order valence-corrected chi connectivity index (χ2v) is 14.1. The Balaban J connectivity index is 0.000000165. The lowest BCUT2D eigenvalue weighted by atomic mass is 9.89. The predicted molar refractivity (Wildman–Crippen MR) is 182 cm³/mol. The summed E-state index contributed by atoms with van der Waals surface area (Å²) in [4.78, 5) is 24.4. The molecule has 2 fully saturated rings. The first kappa shape index (κ1) is 32.3. The predicted octanol–water partition coefficient (Wildman–Crippen LogP) is 2.74. The van der Waals surface area contributed by atoms with Crippen molar-refractivity contribution in [1.82, 2.24) is 13.7 Å². The summed E-state index contributed by atoms with van der Waals surface area (Å²) in [7, 11) is 0. The van der Waals surface area contributed by atoms with Crippen molar-refractivity contribution < 1.29 is 49.7 Å². The maximum Gasteiger partial charge on any atom is 0.176 e. The highest BCUT2D eigenvalue weighted by atomic mass is 16.6. The second-order valence-electron chi connectivity index (χ2n) is 14.1. The molecule has 3 aromatic heterocycles. The molecule has 7 atom stereocenters. The maximum atomic E-state index is 13.3. The number of benzene rings is 3. The van der Waals surface area contributed by atoms with Gasteiger partial charge in [-0.25, -0.2) is 0 Å². The van der Waals surface area contributed by atoms with Crippen molar-refractivity contribution in [3.05, 3.63) is 77.5 Å². The summed E-state index contributed by atoms with van der Waals surface area (Å²) < 4.78 is 17.2. The van der Waals surface area contributed by atoms with Crippen LogP contribution in [0.1, 0.15) is 65.4 Å². The first-order chi connectivity index (χ1) is 24.5. The van der Waals surface area contributed by atoms with Gasteiger partial charge in [-0.1, -0.05) is 36.4 Å². The van der Waals surface area contributed by atoms with Crippen molar-refractivity contribution in [2.24, 2.45) is 0 Å². The number of aliphatic hydroxyl groups is 5. The highest BCUT2D eigenvalue weighted by Gasteiger charge is 2.60. The van der Waals surface area contributed by atoms with Gasteiger partial charge in [-0.3, -0.25) is 9.59 Å². The van der Waals surface area contributed by atoms with E-state index < -0.39 is 61.2 Å². The topological polar surface area (TPSA) is 192 Å². The molecule has 1 unspecified atom stereocenters. The number of fused-ring (bicyclic) bond motifs is 13. The fraction of sp³-hybridized carbons (Fsp3) is 0.368. The molecule has 2 saturated heterocycles. The Bertz CT molecular complexity index is 2460. The van der Waals surface area contributed by atoms with E-state index in [0.717, 1.165) is 59.3 Å². The zero-order valence-corrected chi connectivity index (χ0v) is 27.8. The van der Waals surface area contributed by atoms with Crippen LogP contribution in [0.4, 0.5) is 0 Å². The van der Waals surface area contributed by atoms with Gasteiger partial charge >= 0.3 is 0 Å². The van der Waals surface area contributed by atoms with Crippen molar-refractivity contribution in [3.63, 3.8) is 0 Å². The Hall–Kier alpha value is -4.60. The monoisotopic (exact) mass is 694 g/mol. The lowest BCUT2D eigenvalue weighted by molar-refractivity contribution is -0.284. The van der Waals surface area contributed by atoms with Crippen LogP contribution in [0.25, 0.3) is 43.6 Å². The lowest BCUT2D eigenvalue weighted by Crippen LogP contribution is -2.53. The van der Waals surface area contributed by atoms with Gasteiger partial charge in [0, 0.05) is 51.7 Å². The summed E-state index contributed by atoms with van der Waals surface area (Å²) in [6.07, 6.45) is -2.33. The summed E-state index contributed by atoms with van der Waals surface area (Å²) in [6, 6.07) is 17.6. The van der Waals surface area contributed by atoms with E-state index in [1.807, 2.05) is 37.3 Å². The van der Waals surface area contributed by atoms with Gasteiger partial charge in [0.05, 0.1) is 35.3 Å². The van der Waals surface area contributed by atoms with Crippen LogP contribution in [0.5, 0.6) is 5.88 Å². The van der Waals surface area contributed by atoms with E-state index in [1.165, 1.54) is 19.2 Å². The number of carbonyl (C=O) groups is 2.